The first kappa shape index (κ1) is 24.0. The molecule has 1 fully saturated rings. The summed E-state index contributed by atoms with van der Waals surface area (Å²) in [5, 5.41) is 6.68. The van der Waals surface area contributed by atoms with Gasteiger partial charge >= 0.3 is 5.97 Å². The van der Waals surface area contributed by atoms with E-state index in [2.05, 4.69) is 10.6 Å². The van der Waals surface area contributed by atoms with Gasteiger partial charge in [0.05, 0.1) is 41.0 Å². The van der Waals surface area contributed by atoms with E-state index in [-0.39, 0.29) is 48.4 Å². The van der Waals surface area contributed by atoms with E-state index >= 15 is 4.39 Å². The zero-order chi connectivity index (χ0) is 27.2. The number of amides is 2. The van der Waals surface area contributed by atoms with Gasteiger partial charge in [0.25, 0.3) is 5.56 Å². The van der Waals surface area contributed by atoms with Gasteiger partial charge in [-0.3, -0.25) is 19.2 Å². The lowest BCUT2D eigenvalue weighted by Gasteiger charge is -2.30. The molecule has 2 N–H and O–H groups in total. The van der Waals surface area contributed by atoms with Gasteiger partial charge in [-0.1, -0.05) is 6.92 Å². The molecule has 3 unspecified atom stereocenters. The van der Waals surface area contributed by atoms with Crippen LogP contribution in [0.1, 0.15) is 77.9 Å². The predicted molar refractivity (Wildman–Crippen MR) is 138 cm³/mol. The first-order chi connectivity index (χ1) is 18.8. The predicted octanol–water partition coefficient (Wildman–Crippen LogP) is 2.81. The second kappa shape index (κ2) is 8.46. The molecule has 3 aliphatic heterocycles. The highest BCUT2D eigenvalue weighted by Gasteiger charge is 2.38. The Morgan fingerprint density at radius 1 is 1.18 bits per heavy atom. The van der Waals surface area contributed by atoms with Gasteiger partial charge in [0.15, 0.2) is 0 Å². The second-order valence-electron chi connectivity index (χ2n) is 10.9. The second-order valence-corrected chi connectivity index (χ2v) is 10.9. The molecule has 3 aromatic rings. The molecular weight excluding hydrogens is 503 g/mol. The van der Waals surface area contributed by atoms with E-state index < -0.39 is 12.0 Å². The fraction of sp³-hybridized carbons (Fsp3) is 0.414. The van der Waals surface area contributed by atoms with Crippen molar-refractivity contribution in [3.8, 4) is 11.4 Å². The van der Waals surface area contributed by atoms with Crippen LogP contribution in [0.2, 0.25) is 0 Å². The summed E-state index contributed by atoms with van der Waals surface area (Å²) in [5.41, 5.74) is 5.61. The van der Waals surface area contributed by atoms with Crippen molar-refractivity contribution < 1.29 is 23.5 Å². The van der Waals surface area contributed by atoms with Crippen LogP contribution in [0.4, 0.5) is 4.39 Å². The first-order valence-electron chi connectivity index (χ1n) is 13.4. The number of esters is 1. The number of ether oxygens (including phenoxy) is 1. The van der Waals surface area contributed by atoms with E-state index in [1.165, 1.54) is 6.07 Å². The van der Waals surface area contributed by atoms with Crippen LogP contribution < -0.4 is 16.2 Å². The van der Waals surface area contributed by atoms with Gasteiger partial charge in [0.2, 0.25) is 11.8 Å². The van der Waals surface area contributed by atoms with Crippen molar-refractivity contribution >= 4 is 28.7 Å². The van der Waals surface area contributed by atoms with Crippen LogP contribution in [0.15, 0.2) is 16.9 Å². The van der Waals surface area contributed by atoms with Crippen LogP contribution in [0.3, 0.4) is 0 Å². The lowest BCUT2D eigenvalue weighted by molar-refractivity contribution is -0.148. The normalized spacial score (nSPS) is 22.7. The molecule has 0 spiro atoms. The first-order valence-corrected chi connectivity index (χ1v) is 13.4. The van der Waals surface area contributed by atoms with Gasteiger partial charge < -0.3 is 19.9 Å². The molecule has 5 heterocycles. The van der Waals surface area contributed by atoms with Crippen LogP contribution >= 0.6 is 0 Å². The van der Waals surface area contributed by atoms with Gasteiger partial charge in [-0.25, -0.2) is 9.37 Å². The summed E-state index contributed by atoms with van der Waals surface area (Å²) in [5.74, 6) is -1.62. The van der Waals surface area contributed by atoms with Crippen LogP contribution in [0, 0.1) is 12.7 Å². The molecule has 0 saturated carbocycles. The van der Waals surface area contributed by atoms with E-state index in [4.69, 9.17) is 9.72 Å². The number of fused-ring (bicyclic) bond motifs is 5. The highest BCUT2D eigenvalue weighted by molar-refractivity contribution is 5.95. The topological polar surface area (TPSA) is 119 Å². The van der Waals surface area contributed by atoms with Gasteiger partial charge in [-0.15, -0.1) is 0 Å². The Labute approximate surface area is 222 Å². The minimum absolute atomic E-state index is 0.0667. The molecule has 39 heavy (non-hydrogen) atoms. The number of cyclic esters (lactones) is 1. The number of benzene rings is 1. The van der Waals surface area contributed by atoms with Crippen LogP contribution in [0.25, 0.3) is 22.3 Å². The molecule has 2 aromatic heterocycles. The van der Waals surface area contributed by atoms with Crippen molar-refractivity contribution in [3.63, 3.8) is 0 Å². The monoisotopic (exact) mass is 530 g/mol. The number of carbonyl (C=O) groups excluding carboxylic acids is 3. The maximum atomic E-state index is 15.0. The fourth-order valence-corrected chi connectivity index (χ4v) is 6.80. The maximum absolute atomic E-state index is 15.0. The van der Waals surface area contributed by atoms with Crippen molar-refractivity contribution in [2.45, 2.75) is 77.1 Å². The van der Waals surface area contributed by atoms with Crippen molar-refractivity contribution in [3.05, 3.63) is 61.7 Å². The van der Waals surface area contributed by atoms with Crippen molar-refractivity contribution in [2.24, 2.45) is 0 Å². The van der Waals surface area contributed by atoms with Gasteiger partial charge in [-0.05, 0) is 60.9 Å². The standard InChI is InChI=1S/C29H27FN4O5/c1-3-13-15-8-22-26-16(10-34(22)28(37)17(15)11-39-29(13)38)25-19(33-27(36)20-6-7-23(35)31-20)5-4-14-12(2)18(30)9-21(32-26)24(14)25/h8-9,13,19-20H,3-7,10-11H2,1-2H3,(H,31,35)(H,33,36). The summed E-state index contributed by atoms with van der Waals surface area (Å²) < 4.78 is 22.0. The highest BCUT2D eigenvalue weighted by atomic mass is 19.1. The lowest BCUT2D eigenvalue weighted by Crippen LogP contribution is -2.43. The molecule has 9 nitrogen and oxygen atoms in total. The number of carbonyl (C=O) groups is 3. The van der Waals surface area contributed by atoms with Crippen molar-refractivity contribution in [2.75, 3.05) is 0 Å². The molecule has 2 amide bonds. The number of pyridine rings is 2. The van der Waals surface area contributed by atoms with E-state index in [1.54, 1.807) is 11.5 Å². The molecule has 4 aliphatic rings. The summed E-state index contributed by atoms with van der Waals surface area (Å²) in [6, 6.07) is 2.30. The minimum atomic E-state index is -0.589. The van der Waals surface area contributed by atoms with Crippen molar-refractivity contribution in [1.82, 2.24) is 20.2 Å². The smallest absolute Gasteiger partial charge is 0.313 e. The molecule has 200 valence electrons. The third kappa shape index (κ3) is 3.39. The molecule has 0 bridgehead atoms. The Balaban J connectivity index is 1.43. The van der Waals surface area contributed by atoms with Crippen LogP contribution in [-0.4, -0.2) is 33.4 Å². The van der Waals surface area contributed by atoms with Gasteiger partial charge in [-0.2, -0.15) is 0 Å². The fourth-order valence-electron chi connectivity index (χ4n) is 6.80. The summed E-state index contributed by atoms with van der Waals surface area (Å²) in [6.45, 7) is 3.82. The Morgan fingerprint density at radius 3 is 2.74 bits per heavy atom. The number of nitrogens with one attached hydrogen (secondary N) is 2. The van der Waals surface area contributed by atoms with Gasteiger partial charge in [0.1, 0.15) is 18.5 Å². The van der Waals surface area contributed by atoms with E-state index in [1.807, 2.05) is 13.0 Å². The number of halogens is 1. The SMILES string of the molecule is CCC1C(=O)OCc2c1cc1n(c2=O)Cc2c-1nc1cc(F)c(C)c3c1c2C(NC(=O)C1CCC(=O)N1)CC3. The third-order valence-electron chi connectivity index (χ3n) is 8.83. The van der Waals surface area contributed by atoms with Crippen molar-refractivity contribution in [1.29, 1.82) is 0 Å². The largest absolute Gasteiger partial charge is 0.460 e. The molecular formula is C29H27FN4O5. The molecule has 10 heteroatoms. The summed E-state index contributed by atoms with van der Waals surface area (Å²) in [4.78, 5) is 55.9. The number of nitrogens with zero attached hydrogens (tertiary/aromatic N) is 2. The number of aryl methyl sites for hydroxylation is 1. The number of rotatable bonds is 3. The summed E-state index contributed by atoms with van der Waals surface area (Å²) >= 11 is 0. The molecule has 3 atom stereocenters. The van der Waals surface area contributed by atoms with E-state index in [0.717, 1.165) is 22.1 Å². The highest BCUT2D eigenvalue weighted by Crippen LogP contribution is 2.45. The van der Waals surface area contributed by atoms with Crippen LogP contribution in [0.5, 0.6) is 0 Å². The zero-order valence-electron chi connectivity index (χ0n) is 21.7. The lowest BCUT2D eigenvalue weighted by atomic mass is 9.81. The number of aromatic nitrogens is 2. The van der Waals surface area contributed by atoms with E-state index in [9.17, 15) is 19.2 Å². The quantitative estimate of drug-likeness (QED) is 0.393. The average molecular weight is 531 g/mol. The molecule has 1 aromatic carbocycles. The maximum Gasteiger partial charge on any atom is 0.313 e. The molecule has 1 saturated heterocycles. The molecule has 1 aliphatic carbocycles. The third-order valence-corrected chi connectivity index (χ3v) is 8.83. The molecule has 7 rings (SSSR count). The van der Waals surface area contributed by atoms with Crippen LogP contribution in [-0.2, 0) is 38.7 Å². The summed E-state index contributed by atoms with van der Waals surface area (Å²) in [6.07, 6.45) is 2.37. The average Bonchev–Trinajstić information content (AvgIpc) is 3.51. The Kier molecular flexibility index (Phi) is 5.20. The Hall–Kier alpha value is -4.08. The summed E-state index contributed by atoms with van der Waals surface area (Å²) in [7, 11) is 0. The Morgan fingerprint density at radius 2 is 2.00 bits per heavy atom. The zero-order valence-corrected chi connectivity index (χ0v) is 21.7. The number of hydrogen-bond acceptors (Lipinski definition) is 6. The minimum Gasteiger partial charge on any atom is -0.460 e. The number of hydrogen-bond donors (Lipinski definition) is 2. The molecule has 0 radical (unpaired) electrons. The Bertz CT molecular complexity index is 1710. The van der Waals surface area contributed by atoms with E-state index in [0.29, 0.717) is 65.7 Å². The van der Waals surface area contributed by atoms with Gasteiger partial charge in [0, 0.05) is 23.4 Å².